The van der Waals surface area contributed by atoms with Gasteiger partial charge in [-0.2, -0.15) is 0 Å². The van der Waals surface area contributed by atoms with Crippen molar-refractivity contribution in [3.05, 3.63) is 0 Å². The number of carbonyl (C=O) groups excluding carboxylic acids is 1. The molecule has 1 N–H and O–H groups in total. The first-order chi connectivity index (χ1) is 9.24. The highest BCUT2D eigenvalue weighted by atomic mass is 16.6. The van der Waals surface area contributed by atoms with E-state index in [4.69, 9.17) is 9.47 Å². The second kappa shape index (κ2) is 10.2. The molecule has 0 bridgehead atoms. The van der Waals surface area contributed by atoms with E-state index >= 15 is 0 Å². The van der Waals surface area contributed by atoms with E-state index in [0.29, 0.717) is 13.2 Å². The summed E-state index contributed by atoms with van der Waals surface area (Å²) in [6, 6.07) is 0.780. The minimum Gasteiger partial charge on any atom is -0.464 e. The van der Waals surface area contributed by atoms with Crippen molar-refractivity contribution in [2.75, 3.05) is 46.5 Å². The lowest BCUT2D eigenvalue weighted by molar-refractivity contribution is -0.148. The van der Waals surface area contributed by atoms with Crippen molar-refractivity contribution >= 4 is 5.97 Å². The molecule has 0 spiro atoms. The third-order valence-electron chi connectivity index (χ3n) is 3.54. The normalized spacial score (nSPS) is 16.2. The molecule has 19 heavy (non-hydrogen) atoms. The molecule has 5 nitrogen and oxygen atoms in total. The lowest BCUT2D eigenvalue weighted by Gasteiger charge is -2.23. The summed E-state index contributed by atoms with van der Waals surface area (Å²) in [6.45, 7) is 5.62. The van der Waals surface area contributed by atoms with Crippen LogP contribution in [0.3, 0.4) is 0 Å². The molecular weight excluding hydrogens is 244 g/mol. The number of rotatable bonds is 10. The van der Waals surface area contributed by atoms with Crippen LogP contribution in [0.5, 0.6) is 0 Å². The third-order valence-corrected chi connectivity index (χ3v) is 3.54. The third kappa shape index (κ3) is 7.50. The fourth-order valence-corrected chi connectivity index (χ4v) is 2.41. The summed E-state index contributed by atoms with van der Waals surface area (Å²) in [4.78, 5) is 13.4. The first kappa shape index (κ1) is 16.4. The molecule has 0 aromatic rings. The van der Waals surface area contributed by atoms with Crippen LogP contribution >= 0.6 is 0 Å². The summed E-state index contributed by atoms with van der Waals surface area (Å²) in [6.07, 6.45) is 5.45. The van der Waals surface area contributed by atoms with Crippen LogP contribution in [0.25, 0.3) is 0 Å². The molecule has 0 radical (unpaired) electrons. The summed E-state index contributed by atoms with van der Waals surface area (Å²) in [7, 11) is 2.20. The number of ether oxygens (including phenoxy) is 2. The zero-order valence-corrected chi connectivity index (χ0v) is 12.3. The number of esters is 1. The number of hydrogen-bond donors (Lipinski definition) is 1. The summed E-state index contributed by atoms with van der Waals surface area (Å²) in [5.41, 5.74) is 0. The molecule has 0 heterocycles. The van der Waals surface area contributed by atoms with Crippen molar-refractivity contribution in [2.24, 2.45) is 0 Å². The monoisotopic (exact) mass is 272 g/mol. The molecule has 0 aromatic carbocycles. The second-order valence-electron chi connectivity index (χ2n) is 5.03. The van der Waals surface area contributed by atoms with Gasteiger partial charge in [0.1, 0.15) is 6.61 Å². The standard InChI is InChI=1S/C14H28N2O3/c1-3-19-14(17)12-18-11-9-15-8-10-16(2)13-6-4-5-7-13/h13,15H,3-12H2,1-2H3. The van der Waals surface area contributed by atoms with Crippen molar-refractivity contribution in [2.45, 2.75) is 38.6 Å². The maximum atomic E-state index is 11.0. The number of nitrogens with one attached hydrogen (secondary N) is 1. The highest BCUT2D eigenvalue weighted by molar-refractivity contribution is 5.70. The molecular formula is C14H28N2O3. The van der Waals surface area contributed by atoms with Gasteiger partial charge < -0.3 is 19.7 Å². The average Bonchev–Trinajstić information content (AvgIpc) is 2.91. The van der Waals surface area contributed by atoms with Gasteiger partial charge in [-0.1, -0.05) is 12.8 Å². The predicted octanol–water partition coefficient (Wildman–Crippen LogP) is 1.03. The van der Waals surface area contributed by atoms with Gasteiger partial charge in [-0.15, -0.1) is 0 Å². The molecule has 0 atom stereocenters. The van der Waals surface area contributed by atoms with Crippen LogP contribution in [0, 0.1) is 0 Å². The lowest BCUT2D eigenvalue weighted by atomic mass is 10.2. The Morgan fingerprint density at radius 2 is 2.05 bits per heavy atom. The average molecular weight is 272 g/mol. The van der Waals surface area contributed by atoms with Crippen LogP contribution in [0.15, 0.2) is 0 Å². The Morgan fingerprint density at radius 1 is 1.32 bits per heavy atom. The van der Waals surface area contributed by atoms with E-state index < -0.39 is 0 Å². The number of likely N-dealkylation sites (N-methyl/N-ethyl adjacent to an activating group) is 1. The van der Waals surface area contributed by atoms with Crippen molar-refractivity contribution in [1.82, 2.24) is 10.2 Å². The summed E-state index contributed by atoms with van der Waals surface area (Å²) >= 11 is 0. The van der Waals surface area contributed by atoms with Crippen LogP contribution in [-0.4, -0.2) is 63.4 Å². The van der Waals surface area contributed by atoms with Crippen LogP contribution in [-0.2, 0) is 14.3 Å². The Bertz CT molecular complexity index is 243. The topological polar surface area (TPSA) is 50.8 Å². The van der Waals surface area contributed by atoms with E-state index in [2.05, 4.69) is 17.3 Å². The fourth-order valence-electron chi connectivity index (χ4n) is 2.41. The molecule has 5 heteroatoms. The zero-order chi connectivity index (χ0) is 13.9. The molecule has 1 rings (SSSR count). The van der Waals surface area contributed by atoms with Crippen molar-refractivity contribution in [3.8, 4) is 0 Å². The Hall–Kier alpha value is -0.650. The summed E-state index contributed by atoms with van der Waals surface area (Å²) in [5.74, 6) is -0.288. The summed E-state index contributed by atoms with van der Waals surface area (Å²) in [5, 5.41) is 3.33. The van der Waals surface area contributed by atoms with Crippen LogP contribution in [0.1, 0.15) is 32.6 Å². The van der Waals surface area contributed by atoms with Gasteiger partial charge in [0, 0.05) is 25.7 Å². The minimum absolute atomic E-state index is 0.0531. The largest absolute Gasteiger partial charge is 0.464 e. The van der Waals surface area contributed by atoms with Gasteiger partial charge in [-0.05, 0) is 26.8 Å². The first-order valence-corrected chi connectivity index (χ1v) is 7.38. The van der Waals surface area contributed by atoms with Crippen molar-refractivity contribution < 1.29 is 14.3 Å². The quantitative estimate of drug-likeness (QED) is 0.475. The van der Waals surface area contributed by atoms with Gasteiger partial charge in [0.05, 0.1) is 13.2 Å². The van der Waals surface area contributed by atoms with Crippen LogP contribution < -0.4 is 5.32 Å². The van der Waals surface area contributed by atoms with Gasteiger partial charge in [0.2, 0.25) is 0 Å². The molecule has 0 aromatic heterocycles. The van der Waals surface area contributed by atoms with Crippen LogP contribution in [0.4, 0.5) is 0 Å². The SMILES string of the molecule is CCOC(=O)COCCNCCN(C)C1CCCC1. The van der Waals surface area contributed by atoms with Gasteiger partial charge in [-0.3, -0.25) is 0 Å². The van der Waals surface area contributed by atoms with Gasteiger partial charge in [0.25, 0.3) is 0 Å². The molecule has 1 aliphatic rings. The molecule has 0 aliphatic heterocycles. The molecule has 0 amide bonds. The zero-order valence-electron chi connectivity index (χ0n) is 12.3. The highest BCUT2D eigenvalue weighted by Gasteiger charge is 2.18. The molecule has 0 unspecified atom stereocenters. The predicted molar refractivity (Wildman–Crippen MR) is 75.2 cm³/mol. The molecule has 1 saturated carbocycles. The molecule has 0 saturated heterocycles. The van der Waals surface area contributed by atoms with Gasteiger partial charge >= 0.3 is 5.97 Å². The Labute approximate surface area is 116 Å². The lowest BCUT2D eigenvalue weighted by Crippen LogP contribution is -2.36. The van der Waals surface area contributed by atoms with E-state index in [9.17, 15) is 4.79 Å². The van der Waals surface area contributed by atoms with E-state index in [0.717, 1.165) is 25.7 Å². The van der Waals surface area contributed by atoms with Gasteiger partial charge in [-0.25, -0.2) is 4.79 Å². The van der Waals surface area contributed by atoms with E-state index in [-0.39, 0.29) is 12.6 Å². The van der Waals surface area contributed by atoms with E-state index in [1.165, 1.54) is 25.7 Å². The maximum Gasteiger partial charge on any atom is 0.332 e. The highest BCUT2D eigenvalue weighted by Crippen LogP contribution is 2.21. The maximum absolute atomic E-state index is 11.0. The van der Waals surface area contributed by atoms with Crippen molar-refractivity contribution in [3.63, 3.8) is 0 Å². The van der Waals surface area contributed by atoms with Gasteiger partial charge in [0.15, 0.2) is 0 Å². The molecule has 112 valence electrons. The Balaban J connectivity index is 1.86. The van der Waals surface area contributed by atoms with E-state index in [1.807, 2.05) is 0 Å². The number of carbonyl (C=O) groups is 1. The van der Waals surface area contributed by atoms with E-state index in [1.54, 1.807) is 6.92 Å². The number of hydrogen-bond acceptors (Lipinski definition) is 5. The fraction of sp³-hybridized carbons (Fsp3) is 0.929. The molecule has 1 aliphatic carbocycles. The Kier molecular flexibility index (Phi) is 8.79. The number of nitrogens with zero attached hydrogens (tertiary/aromatic N) is 1. The minimum atomic E-state index is -0.288. The molecule has 1 fully saturated rings. The second-order valence-corrected chi connectivity index (χ2v) is 5.03. The first-order valence-electron chi connectivity index (χ1n) is 7.38. The Morgan fingerprint density at radius 3 is 2.74 bits per heavy atom. The van der Waals surface area contributed by atoms with Crippen molar-refractivity contribution in [1.29, 1.82) is 0 Å². The van der Waals surface area contributed by atoms with Crippen LogP contribution in [0.2, 0.25) is 0 Å². The summed E-state index contributed by atoms with van der Waals surface area (Å²) < 4.78 is 9.97. The smallest absolute Gasteiger partial charge is 0.332 e.